The number of ketones is 1. The molecule has 0 amide bonds. The van der Waals surface area contributed by atoms with E-state index in [4.69, 9.17) is 24.7 Å². The second kappa shape index (κ2) is 27.2. The quantitative estimate of drug-likeness (QED) is 0.175. The maximum absolute atomic E-state index is 12.7. The summed E-state index contributed by atoms with van der Waals surface area (Å²) >= 11 is 0. The van der Waals surface area contributed by atoms with Crippen LogP contribution in [0.1, 0.15) is 79.1 Å². The van der Waals surface area contributed by atoms with Crippen molar-refractivity contribution in [3.05, 3.63) is 85.1 Å². The van der Waals surface area contributed by atoms with Gasteiger partial charge in [0.1, 0.15) is 23.9 Å². The summed E-state index contributed by atoms with van der Waals surface area (Å²) in [6.07, 6.45) is 3.67. The lowest BCUT2D eigenvalue weighted by atomic mass is 9.82. The van der Waals surface area contributed by atoms with Gasteiger partial charge < -0.3 is 75.7 Å². The molecule has 0 aromatic heterocycles. The van der Waals surface area contributed by atoms with E-state index in [9.17, 15) is 65.4 Å². The molecule has 65 heavy (non-hydrogen) atoms. The fraction of sp³-hybridized carbons (Fsp3) is 0.638. The van der Waals surface area contributed by atoms with E-state index < -0.39 is 147 Å². The van der Waals surface area contributed by atoms with Crippen LogP contribution in [0.2, 0.25) is 0 Å². The van der Waals surface area contributed by atoms with Crippen molar-refractivity contribution in [2.24, 2.45) is 23.5 Å². The molecule has 0 aromatic rings. The molecule has 12 N–H and O–H groups in total. The standard InChI is InChI=1S/C47H71NO17/c1-27-17-15-13-11-9-7-5-6-8-10-12-14-16-18-34(64-46-44(58)41(48)43(57)30(4)63-46)24-38-40(45(59)60)37(54)26-47(61,65-38)25-36(53)35(52)20-19-31(49)21-32(50)22-33(51)23-39(55)62-29(3)28(2)42(27)56/h5-18,27-30,32-38,40-44,46,50-54,56-58,61H,19-26,48H2,1-4H3,(H,59,60)/b6-5+,9-7+,10-8+,13-11+,14-12+,17-15+,18-16+/t27-,28-,29-,30+,32+,33+,34-,35+,36+,37-,38-,40+,41-,42+,43+,44-,46-,47+/m0/s1. The molecule has 2 fully saturated rings. The number of allylic oxidation sites excluding steroid dienone is 12. The molecule has 18 atom stereocenters. The Hall–Kier alpha value is -3.73. The molecular formula is C47H71NO17. The summed E-state index contributed by atoms with van der Waals surface area (Å²) < 4.78 is 23.1. The highest BCUT2D eigenvalue weighted by Gasteiger charge is 2.51. The zero-order valence-corrected chi connectivity index (χ0v) is 37.5. The van der Waals surface area contributed by atoms with E-state index in [0.29, 0.717) is 0 Å². The molecule has 0 radical (unpaired) electrons. The third-order valence-corrected chi connectivity index (χ3v) is 11.9. The van der Waals surface area contributed by atoms with Crippen LogP contribution in [-0.4, -0.2) is 160 Å². The minimum atomic E-state index is -2.38. The Morgan fingerprint density at radius 1 is 0.692 bits per heavy atom. The highest BCUT2D eigenvalue weighted by atomic mass is 16.7. The molecule has 3 rings (SSSR count). The zero-order valence-electron chi connectivity index (χ0n) is 37.5. The molecule has 3 aliphatic rings. The maximum Gasteiger partial charge on any atom is 0.311 e. The number of fused-ring (bicyclic) bond motifs is 2. The molecule has 0 aromatic carbocycles. The van der Waals surface area contributed by atoms with Crippen LogP contribution in [0, 0.1) is 17.8 Å². The monoisotopic (exact) mass is 921 g/mol. The first-order valence-corrected chi connectivity index (χ1v) is 22.2. The average Bonchev–Trinajstić information content (AvgIpc) is 3.21. The molecule has 3 aliphatic heterocycles. The van der Waals surface area contributed by atoms with E-state index in [-0.39, 0.29) is 31.6 Å². The van der Waals surface area contributed by atoms with Gasteiger partial charge in [-0.1, -0.05) is 98.9 Å². The van der Waals surface area contributed by atoms with E-state index in [0.717, 1.165) is 0 Å². The van der Waals surface area contributed by atoms with Gasteiger partial charge in [0, 0.05) is 50.4 Å². The van der Waals surface area contributed by atoms with Crippen LogP contribution in [0.25, 0.3) is 0 Å². The number of cyclic esters (lactones) is 1. The number of esters is 1. The number of carbonyl (C=O) groups excluding carboxylic acids is 2. The van der Waals surface area contributed by atoms with E-state index in [1.165, 1.54) is 13.0 Å². The predicted molar refractivity (Wildman–Crippen MR) is 236 cm³/mol. The number of aliphatic hydroxyl groups excluding tert-OH is 8. The van der Waals surface area contributed by atoms with E-state index >= 15 is 0 Å². The lowest BCUT2D eigenvalue weighted by molar-refractivity contribution is -0.310. The second-order valence-electron chi connectivity index (χ2n) is 17.4. The molecule has 2 saturated heterocycles. The van der Waals surface area contributed by atoms with Crippen molar-refractivity contribution in [2.45, 2.75) is 170 Å². The van der Waals surface area contributed by atoms with Gasteiger partial charge in [-0.2, -0.15) is 0 Å². The highest BCUT2D eigenvalue weighted by Crippen LogP contribution is 2.38. The number of ether oxygens (including phenoxy) is 4. The number of carboxylic acid groups (broad SMARTS) is 1. The summed E-state index contributed by atoms with van der Waals surface area (Å²) in [6.45, 7) is 6.70. The fourth-order valence-corrected chi connectivity index (χ4v) is 7.82. The van der Waals surface area contributed by atoms with Gasteiger partial charge in [-0.25, -0.2) is 0 Å². The largest absolute Gasteiger partial charge is 0.481 e. The average molecular weight is 922 g/mol. The zero-order chi connectivity index (χ0) is 48.4. The van der Waals surface area contributed by atoms with Crippen LogP contribution in [0.3, 0.4) is 0 Å². The van der Waals surface area contributed by atoms with Gasteiger partial charge in [0.05, 0.1) is 73.5 Å². The molecule has 0 aliphatic carbocycles. The Kier molecular flexibility index (Phi) is 23.2. The van der Waals surface area contributed by atoms with Crippen LogP contribution in [0.5, 0.6) is 0 Å². The number of hydrogen-bond acceptors (Lipinski definition) is 17. The fourth-order valence-electron chi connectivity index (χ4n) is 7.82. The third-order valence-electron chi connectivity index (χ3n) is 11.9. The minimum Gasteiger partial charge on any atom is -0.481 e. The number of aliphatic hydroxyl groups is 9. The van der Waals surface area contributed by atoms with E-state index in [1.54, 1.807) is 86.8 Å². The third kappa shape index (κ3) is 18.5. The number of rotatable bonds is 3. The number of nitrogens with two attached hydrogens (primary N) is 1. The Morgan fingerprint density at radius 2 is 1.23 bits per heavy atom. The number of carboxylic acids is 1. The summed E-state index contributed by atoms with van der Waals surface area (Å²) in [6, 6.07) is -1.15. The molecule has 0 spiro atoms. The topological polar surface area (TPSA) is 316 Å². The molecule has 366 valence electrons. The lowest BCUT2D eigenvalue weighted by Crippen LogP contribution is -2.61. The molecular weight excluding hydrogens is 851 g/mol. The van der Waals surface area contributed by atoms with Crippen LogP contribution < -0.4 is 5.73 Å². The highest BCUT2D eigenvalue weighted by molar-refractivity contribution is 5.78. The summed E-state index contributed by atoms with van der Waals surface area (Å²) in [5, 5.41) is 107. The van der Waals surface area contributed by atoms with E-state index in [1.807, 2.05) is 13.0 Å². The van der Waals surface area contributed by atoms with Crippen molar-refractivity contribution in [2.75, 3.05) is 0 Å². The lowest BCUT2D eigenvalue weighted by Gasteiger charge is -2.45. The Balaban J connectivity index is 1.86. The Morgan fingerprint density at radius 3 is 1.82 bits per heavy atom. The molecule has 0 saturated carbocycles. The van der Waals surface area contributed by atoms with Gasteiger partial charge in [0.25, 0.3) is 0 Å². The molecule has 18 nitrogen and oxygen atoms in total. The minimum absolute atomic E-state index is 0.291. The summed E-state index contributed by atoms with van der Waals surface area (Å²) in [5.74, 6) is -7.51. The van der Waals surface area contributed by atoms with Gasteiger partial charge in [-0.3, -0.25) is 14.4 Å². The van der Waals surface area contributed by atoms with Crippen LogP contribution in [-0.2, 0) is 33.3 Å². The van der Waals surface area contributed by atoms with Gasteiger partial charge in [0.2, 0.25) is 0 Å². The second-order valence-corrected chi connectivity index (χ2v) is 17.4. The van der Waals surface area contributed by atoms with Crippen LogP contribution >= 0.6 is 0 Å². The maximum atomic E-state index is 12.7. The van der Waals surface area contributed by atoms with Crippen molar-refractivity contribution >= 4 is 17.7 Å². The van der Waals surface area contributed by atoms with Gasteiger partial charge in [-0.15, -0.1) is 0 Å². The van der Waals surface area contributed by atoms with Crippen LogP contribution in [0.15, 0.2) is 85.1 Å². The predicted octanol–water partition coefficient (Wildman–Crippen LogP) is 0.920. The SMILES string of the molecule is C[C@@H]1[C@H](O)[C@@H](C)/C=C/C=C/C=C/C=C/C=C/C=C/C=C/[C@H](O[C@@H]2O[C@H](C)[C@@H](O)[C@H](N)[C@@H]2O)C[C@@H]2O[C@](O)(C[C@@H](O)[C@H](O)CCC(=O)C[C@@H](O)C[C@@H](O)CC(=O)O[C@H]1C)C[C@H](O)[C@H]2C(=O)O. The normalized spacial score (nSPS) is 44.4. The van der Waals surface area contributed by atoms with Crippen molar-refractivity contribution in [1.29, 1.82) is 0 Å². The van der Waals surface area contributed by atoms with Crippen molar-refractivity contribution < 1.29 is 84.4 Å². The number of carbonyl (C=O) groups is 3. The molecule has 18 heteroatoms. The number of hydrogen-bond donors (Lipinski definition) is 11. The van der Waals surface area contributed by atoms with Crippen molar-refractivity contribution in [3.63, 3.8) is 0 Å². The molecule has 0 unspecified atom stereocenters. The molecule has 3 heterocycles. The molecule has 2 bridgehead atoms. The Labute approximate surface area is 380 Å². The number of aliphatic carboxylic acids is 1. The van der Waals surface area contributed by atoms with Crippen molar-refractivity contribution in [1.82, 2.24) is 0 Å². The first-order chi connectivity index (χ1) is 30.6. The van der Waals surface area contributed by atoms with Gasteiger partial charge in [-0.05, 0) is 20.3 Å². The van der Waals surface area contributed by atoms with E-state index in [2.05, 4.69) is 0 Å². The van der Waals surface area contributed by atoms with Crippen molar-refractivity contribution in [3.8, 4) is 0 Å². The summed E-state index contributed by atoms with van der Waals surface area (Å²) in [7, 11) is 0. The first kappa shape index (κ1) is 55.6. The first-order valence-electron chi connectivity index (χ1n) is 22.2. The summed E-state index contributed by atoms with van der Waals surface area (Å²) in [5.41, 5.74) is 6.01. The van der Waals surface area contributed by atoms with Gasteiger partial charge in [0.15, 0.2) is 12.1 Å². The summed E-state index contributed by atoms with van der Waals surface area (Å²) in [4.78, 5) is 37.8. The van der Waals surface area contributed by atoms with Gasteiger partial charge >= 0.3 is 11.9 Å². The Bertz CT molecular complexity index is 1710. The number of Topliss-reactive ketones (excluding diaryl/α,β-unsaturated/α-hetero) is 1. The van der Waals surface area contributed by atoms with Crippen LogP contribution in [0.4, 0.5) is 0 Å². The smallest absolute Gasteiger partial charge is 0.311 e.